The summed E-state index contributed by atoms with van der Waals surface area (Å²) in [6.45, 7) is 1.74. The number of hydrazone groups is 1. The minimum atomic E-state index is -0.548. The average molecular weight is 459 g/mol. The molecule has 0 radical (unpaired) electrons. The van der Waals surface area contributed by atoms with Crippen molar-refractivity contribution in [2.24, 2.45) is 5.10 Å². The fraction of sp³-hybridized carbons (Fsp3) is 0.0952. The summed E-state index contributed by atoms with van der Waals surface area (Å²) >= 11 is 1.49. The van der Waals surface area contributed by atoms with Gasteiger partial charge < -0.3 is 5.73 Å². The number of anilines is 1. The maximum absolute atomic E-state index is 12.9. The molecular weight excluding hydrogens is 442 g/mol. The number of benzene rings is 2. The van der Waals surface area contributed by atoms with Gasteiger partial charge in [0, 0.05) is 10.6 Å². The average Bonchev–Trinajstić information content (AvgIpc) is 3.47. The summed E-state index contributed by atoms with van der Waals surface area (Å²) in [7, 11) is 0. The van der Waals surface area contributed by atoms with Crippen LogP contribution in [0.2, 0.25) is 0 Å². The van der Waals surface area contributed by atoms with Crippen molar-refractivity contribution in [3.63, 3.8) is 0 Å². The maximum Gasteiger partial charge on any atom is 0.293 e. The van der Waals surface area contributed by atoms with Crippen molar-refractivity contribution in [1.29, 1.82) is 5.26 Å². The summed E-state index contributed by atoms with van der Waals surface area (Å²) in [6.07, 6.45) is 0. The molecule has 0 bridgehead atoms. The fourth-order valence-corrected chi connectivity index (χ4v) is 3.73. The molecule has 0 fully saturated rings. The SMILES string of the molecule is C/C(=N\NC(=O)c1nnn(-c2nonc2N)c1CSc1ccccc1)c1ccc(C#N)cc1. The van der Waals surface area contributed by atoms with Crippen molar-refractivity contribution < 1.29 is 9.42 Å². The second-order valence-electron chi connectivity index (χ2n) is 6.70. The maximum atomic E-state index is 12.9. The van der Waals surface area contributed by atoms with Gasteiger partial charge in [-0.1, -0.05) is 35.5 Å². The van der Waals surface area contributed by atoms with E-state index >= 15 is 0 Å². The quantitative estimate of drug-likeness (QED) is 0.240. The summed E-state index contributed by atoms with van der Waals surface area (Å²) in [5.74, 6) is -0.0346. The third-order valence-electron chi connectivity index (χ3n) is 4.55. The Labute approximate surface area is 192 Å². The van der Waals surface area contributed by atoms with Gasteiger partial charge in [0.1, 0.15) is 0 Å². The number of nitrogens with two attached hydrogens (primary N) is 1. The van der Waals surface area contributed by atoms with Crippen molar-refractivity contribution in [2.75, 3.05) is 5.73 Å². The van der Waals surface area contributed by atoms with Gasteiger partial charge in [0.2, 0.25) is 11.6 Å². The highest BCUT2D eigenvalue weighted by Gasteiger charge is 2.24. The van der Waals surface area contributed by atoms with E-state index in [-0.39, 0.29) is 17.3 Å². The smallest absolute Gasteiger partial charge is 0.293 e. The van der Waals surface area contributed by atoms with Crippen LogP contribution in [-0.4, -0.2) is 36.9 Å². The first-order valence-corrected chi connectivity index (χ1v) is 10.6. The van der Waals surface area contributed by atoms with Crippen LogP contribution >= 0.6 is 11.8 Å². The van der Waals surface area contributed by atoms with Crippen LogP contribution in [0.25, 0.3) is 5.82 Å². The van der Waals surface area contributed by atoms with Crippen LogP contribution < -0.4 is 11.2 Å². The molecule has 0 aliphatic heterocycles. The predicted molar refractivity (Wildman–Crippen MR) is 120 cm³/mol. The molecule has 2 aromatic heterocycles. The van der Waals surface area contributed by atoms with E-state index in [9.17, 15) is 4.79 Å². The first kappa shape index (κ1) is 21.7. The molecule has 3 N–H and O–H groups in total. The van der Waals surface area contributed by atoms with Crippen molar-refractivity contribution in [3.8, 4) is 11.9 Å². The Morgan fingerprint density at radius 3 is 2.64 bits per heavy atom. The molecule has 0 aliphatic rings. The Kier molecular flexibility index (Phi) is 6.42. The third kappa shape index (κ3) is 4.89. The highest BCUT2D eigenvalue weighted by atomic mass is 32.2. The first-order valence-electron chi connectivity index (χ1n) is 9.63. The molecular formula is C21H17N9O2S. The number of nitrogens with zero attached hydrogens (tertiary/aromatic N) is 7. The molecule has 12 heteroatoms. The summed E-state index contributed by atoms with van der Waals surface area (Å²) in [5.41, 5.74) is 10.7. The van der Waals surface area contributed by atoms with Crippen LogP contribution in [0.5, 0.6) is 0 Å². The molecule has 0 saturated carbocycles. The van der Waals surface area contributed by atoms with E-state index in [1.54, 1.807) is 31.2 Å². The van der Waals surface area contributed by atoms with Crippen molar-refractivity contribution in [3.05, 3.63) is 77.1 Å². The number of nitrogens with one attached hydrogen (secondary N) is 1. The molecule has 11 nitrogen and oxygen atoms in total. The molecule has 1 amide bonds. The number of carbonyl (C=O) groups excluding carboxylic acids is 1. The van der Waals surface area contributed by atoms with E-state index in [0.717, 1.165) is 10.5 Å². The van der Waals surface area contributed by atoms with Gasteiger partial charge in [0.15, 0.2) is 5.69 Å². The fourth-order valence-electron chi connectivity index (χ4n) is 2.82. The Morgan fingerprint density at radius 1 is 1.21 bits per heavy atom. The second-order valence-corrected chi connectivity index (χ2v) is 7.75. The summed E-state index contributed by atoms with van der Waals surface area (Å²) < 4.78 is 6.00. The van der Waals surface area contributed by atoms with Gasteiger partial charge in [-0.15, -0.1) is 16.9 Å². The minimum Gasteiger partial charge on any atom is -0.378 e. The van der Waals surface area contributed by atoms with E-state index < -0.39 is 5.91 Å². The molecule has 4 rings (SSSR count). The van der Waals surface area contributed by atoms with Crippen LogP contribution in [0.15, 0.2) is 69.2 Å². The highest BCUT2D eigenvalue weighted by Crippen LogP contribution is 2.25. The zero-order valence-corrected chi connectivity index (χ0v) is 18.2. The number of amides is 1. The zero-order chi connectivity index (χ0) is 23.2. The van der Waals surface area contributed by atoms with E-state index in [1.165, 1.54) is 16.4 Å². The Morgan fingerprint density at radius 2 is 1.97 bits per heavy atom. The summed E-state index contributed by atoms with van der Waals surface area (Å²) in [5, 5.41) is 28.4. The lowest BCUT2D eigenvalue weighted by molar-refractivity contribution is 0.0949. The Bertz CT molecular complexity index is 1340. The van der Waals surface area contributed by atoms with Crippen molar-refractivity contribution in [1.82, 2.24) is 30.7 Å². The van der Waals surface area contributed by atoms with E-state index in [4.69, 9.17) is 11.0 Å². The second kappa shape index (κ2) is 9.75. The lowest BCUT2D eigenvalue weighted by atomic mass is 10.1. The van der Waals surface area contributed by atoms with Crippen molar-refractivity contribution in [2.45, 2.75) is 17.6 Å². The Balaban J connectivity index is 1.59. The topological polar surface area (TPSA) is 161 Å². The molecule has 0 atom stereocenters. The molecule has 33 heavy (non-hydrogen) atoms. The van der Waals surface area contributed by atoms with Gasteiger partial charge in [0.25, 0.3) is 5.91 Å². The number of nitrogen functional groups attached to an aromatic ring is 1. The van der Waals surface area contributed by atoms with Gasteiger partial charge in [-0.2, -0.15) is 15.0 Å². The normalized spacial score (nSPS) is 11.2. The van der Waals surface area contributed by atoms with Crippen LogP contribution in [0, 0.1) is 11.3 Å². The van der Waals surface area contributed by atoms with Crippen molar-refractivity contribution >= 4 is 29.2 Å². The third-order valence-corrected chi connectivity index (χ3v) is 5.57. The van der Waals surface area contributed by atoms with E-state index in [1.807, 2.05) is 30.3 Å². The van der Waals surface area contributed by atoms with Crippen LogP contribution in [0.3, 0.4) is 0 Å². The molecule has 4 aromatic rings. The highest BCUT2D eigenvalue weighted by molar-refractivity contribution is 7.98. The molecule has 0 spiro atoms. The van der Waals surface area contributed by atoms with Gasteiger partial charge in [-0.3, -0.25) is 4.79 Å². The minimum absolute atomic E-state index is 0.0208. The van der Waals surface area contributed by atoms with Gasteiger partial charge in [-0.05, 0) is 47.1 Å². The van der Waals surface area contributed by atoms with Gasteiger partial charge in [0.05, 0.1) is 23.0 Å². The lowest BCUT2D eigenvalue weighted by Crippen LogP contribution is -2.21. The largest absolute Gasteiger partial charge is 0.378 e. The molecule has 2 aromatic carbocycles. The summed E-state index contributed by atoms with van der Waals surface area (Å²) in [6, 6.07) is 18.6. The number of carbonyl (C=O) groups is 1. The van der Waals surface area contributed by atoms with Gasteiger partial charge in [-0.25, -0.2) is 10.1 Å². The van der Waals surface area contributed by atoms with Crippen LogP contribution in [-0.2, 0) is 5.75 Å². The monoisotopic (exact) mass is 459 g/mol. The van der Waals surface area contributed by atoms with Crippen LogP contribution in [0.1, 0.15) is 34.2 Å². The van der Waals surface area contributed by atoms with E-state index in [2.05, 4.69) is 41.9 Å². The predicted octanol–water partition coefficient (Wildman–Crippen LogP) is 2.55. The molecule has 164 valence electrons. The number of hydrogen-bond acceptors (Lipinski definition) is 10. The number of thioether (sulfide) groups is 1. The summed E-state index contributed by atoms with van der Waals surface area (Å²) in [4.78, 5) is 13.9. The Hall–Kier alpha value is -4.50. The first-order chi connectivity index (χ1) is 16.1. The number of aromatic nitrogens is 5. The number of rotatable bonds is 7. The zero-order valence-electron chi connectivity index (χ0n) is 17.3. The lowest BCUT2D eigenvalue weighted by Gasteiger charge is -2.06. The molecule has 0 aliphatic carbocycles. The van der Waals surface area contributed by atoms with E-state index in [0.29, 0.717) is 22.7 Å². The van der Waals surface area contributed by atoms with Crippen LogP contribution in [0.4, 0.5) is 5.82 Å². The number of hydrogen-bond donors (Lipinski definition) is 2. The standard InChI is InChI=1S/C21H17N9O2S/c1-13(15-9-7-14(11-22)8-10-15)24-26-21(31)18-17(12-33-16-5-3-2-4-6-16)30(29-25-18)20-19(23)27-32-28-20/h2-10H,12H2,1H3,(H2,23,27)(H,26,31)/b24-13+. The molecule has 2 heterocycles. The van der Waals surface area contributed by atoms with Gasteiger partial charge >= 0.3 is 0 Å². The molecule has 0 unspecified atom stereocenters. The molecule has 0 saturated heterocycles. The number of nitriles is 1.